The van der Waals surface area contributed by atoms with Crippen LogP contribution in [-0.2, 0) is 0 Å². The molecule has 0 aliphatic rings. The Bertz CT molecular complexity index is 1030. The van der Waals surface area contributed by atoms with Crippen LogP contribution in [0.2, 0.25) is 0 Å². The van der Waals surface area contributed by atoms with Gasteiger partial charge in [-0.15, -0.1) is 0 Å². The number of rotatable bonds is 6. The van der Waals surface area contributed by atoms with Gasteiger partial charge in [-0.3, -0.25) is 9.97 Å². The molecular weight excluding hydrogens is 372 g/mol. The summed E-state index contributed by atoms with van der Waals surface area (Å²) >= 11 is 0. The van der Waals surface area contributed by atoms with Crippen LogP contribution < -0.4 is 9.47 Å². The highest BCUT2D eigenvalue weighted by atomic mass is 16.5. The lowest BCUT2D eigenvalue weighted by molar-refractivity contribution is 0.414. The van der Waals surface area contributed by atoms with Crippen LogP contribution in [-0.4, -0.2) is 24.2 Å². The zero-order valence-corrected chi connectivity index (χ0v) is 16.9. The summed E-state index contributed by atoms with van der Waals surface area (Å²) in [4.78, 5) is 9.30. The number of nitrogens with zero attached hydrogens (tertiary/aromatic N) is 2. The van der Waals surface area contributed by atoms with Gasteiger partial charge in [-0.25, -0.2) is 0 Å². The minimum Gasteiger partial charge on any atom is -0.497 e. The third-order valence-electron chi connectivity index (χ3n) is 4.85. The number of pyridine rings is 2. The lowest BCUT2D eigenvalue weighted by Crippen LogP contribution is -2.01. The van der Waals surface area contributed by atoms with E-state index >= 15 is 0 Å². The van der Waals surface area contributed by atoms with E-state index in [0.29, 0.717) is 0 Å². The van der Waals surface area contributed by atoms with Gasteiger partial charge in [0.1, 0.15) is 11.5 Å². The first kappa shape index (κ1) is 19.4. The molecule has 2 aromatic carbocycles. The lowest BCUT2D eigenvalue weighted by Gasteiger charge is -2.17. The first-order valence-corrected chi connectivity index (χ1v) is 9.66. The number of hydrogen-bond acceptors (Lipinski definition) is 4. The second-order valence-corrected chi connectivity index (χ2v) is 6.64. The highest BCUT2D eigenvalue weighted by Gasteiger charge is 2.18. The predicted octanol–water partition coefficient (Wildman–Crippen LogP) is 5.50. The SMILES string of the molecule is COc1ccc(C(=C(c2ccccn2)c2ccccn2)c2ccc(OC)cc2)cc1. The fourth-order valence-corrected chi connectivity index (χ4v) is 3.38. The van der Waals surface area contributed by atoms with Crippen LogP contribution in [0.4, 0.5) is 0 Å². The molecule has 0 fully saturated rings. The van der Waals surface area contributed by atoms with Crippen LogP contribution in [0.15, 0.2) is 97.3 Å². The van der Waals surface area contributed by atoms with Crippen molar-refractivity contribution < 1.29 is 9.47 Å². The molecule has 0 amide bonds. The molecule has 0 spiro atoms. The highest BCUT2D eigenvalue weighted by Crippen LogP contribution is 2.36. The molecule has 0 radical (unpaired) electrons. The standard InChI is InChI=1S/C26H22N2O2/c1-29-21-13-9-19(10-14-21)25(20-11-15-22(30-2)16-12-20)26(23-7-3-5-17-27-23)24-8-4-6-18-28-24/h3-18H,1-2H3. The minimum atomic E-state index is 0.810. The zero-order chi connectivity index (χ0) is 20.8. The molecule has 0 aliphatic heterocycles. The van der Waals surface area contributed by atoms with E-state index in [9.17, 15) is 0 Å². The Kier molecular flexibility index (Phi) is 5.85. The summed E-state index contributed by atoms with van der Waals surface area (Å²) in [7, 11) is 3.34. The van der Waals surface area contributed by atoms with Crippen molar-refractivity contribution in [3.8, 4) is 11.5 Å². The van der Waals surface area contributed by atoms with Crippen molar-refractivity contribution in [2.24, 2.45) is 0 Å². The van der Waals surface area contributed by atoms with Crippen molar-refractivity contribution in [3.05, 3.63) is 120 Å². The second-order valence-electron chi connectivity index (χ2n) is 6.64. The zero-order valence-electron chi connectivity index (χ0n) is 16.9. The van der Waals surface area contributed by atoms with Crippen molar-refractivity contribution in [1.82, 2.24) is 9.97 Å². The van der Waals surface area contributed by atoms with E-state index in [2.05, 4.69) is 34.2 Å². The van der Waals surface area contributed by atoms with Gasteiger partial charge < -0.3 is 9.47 Å². The Balaban J connectivity index is 2.03. The molecule has 4 aromatic rings. The van der Waals surface area contributed by atoms with Crippen molar-refractivity contribution >= 4 is 11.1 Å². The number of benzene rings is 2. The Morgan fingerprint density at radius 3 is 1.30 bits per heavy atom. The van der Waals surface area contributed by atoms with E-state index in [1.54, 1.807) is 26.6 Å². The van der Waals surface area contributed by atoms with Crippen molar-refractivity contribution in [2.75, 3.05) is 14.2 Å². The fourth-order valence-electron chi connectivity index (χ4n) is 3.38. The quantitative estimate of drug-likeness (QED) is 0.433. The molecule has 2 aromatic heterocycles. The van der Waals surface area contributed by atoms with Gasteiger partial charge in [-0.1, -0.05) is 36.4 Å². The highest BCUT2D eigenvalue weighted by molar-refractivity contribution is 6.03. The lowest BCUT2D eigenvalue weighted by atomic mass is 9.89. The van der Waals surface area contributed by atoms with Crippen LogP contribution in [0, 0.1) is 0 Å². The van der Waals surface area contributed by atoms with E-state index in [1.807, 2.05) is 60.7 Å². The fraction of sp³-hybridized carbons (Fsp3) is 0.0769. The number of methoxy groups -OCH3 is 2. The summed E-state index contributed by atoms with van der Waals surface area (Å²) in [6.45, 7) is 0. The van der Waals surface area contributed by atoms with Crippen molar-refractivity contribution in [2.45, 2.75) is 0 Å². The number of aromatic nitrogens is 2. The van der Waals surface area contributed by atoms with Crippen molar-refractivity contribution in [3.63, 3.8) is 0 Å². The maximum atomic E-state index is 5.36. The molecule has 148 valence electrons. The summed E-state index contributed by atoms with van der Waals surface area (Å²) in [5, 5.41) is 0. The maximum absolute atomic E-state index is 5.36. The molecule has 0 bridgehead atoms. The minimum absolute atomic E-state index is 0.810. The maximum Gasteiger partial charge on any atom is 0.118 e. The average molecular weight is 394 g/mol. The summed E-state index contributed by atoms with van der Waals surface area (Å²) < 4.78 is 10.7. The number of ether oxygens (including phenoxy) is 2. The molecule has 4 heteroatoms. The first-order chi connectivity index (χ1) is 14.8. The molecular formula is C26H22N2O2. The Labute approximate surface area is 176 Å². The van der Waals surface area contributed by atoms with E-state index in [1.165, 1.54) is 0 Å². The van der Waals surface area contributed by atoms with Crippen LogP contribution in [0.3, 0.4) is 0 Å². The van der Waals surface area contributed by atoms with Gasteiger partial charge in [0.25, 0.3) is 0 Å². The van der Waals surface area contributed by atoms with E-state index < -0.39 is 0 Å². The van der Waals surface area contributed by atoms with Gasteiger partial charge >= 0.3 is 0 Å². The predicted molar refractivity (Wildman–Crippen MR) is 119 cm³/mol. The largest absolute Gasteiger partial charge is 0.497 e. The summed E-state index contributed by atoms with van der Waals surface area (Å²) in [6.07, 6.45) is 3.61. The van der Waals surface area contributed by atoms with Gasteiger partial charge in [0.2, 0.25) is 0 Å². The van der Waals surface area contributed by atoms with E-state index in [0.717, 1.165) is 45.2 Å². The van der Waals surface area contributed by atoms with Gasteiger partial charge in [-0.2, -0.15) is 0 Å². The monoisotopic (exact) mass is 394 g/mol. The van der Waals surface area contributed by atoms with E-state index in [4.69, 9.17) is 9.47 Å². The number of hydrogen-bond donors (Lipinski definition) is 0. The smallest absolute Gasteiger partial charge is 0.118 e. The molecule has 0 saturated carbocycles. The van der Waals surface area contributed by atoms with E-state index in [-0.39, 0.29) is 0 Å². The summed E-state index contributed by atoms with van der Waals surface area (Å²) in [5.74, 6) is 1.62. The molecule has 0 aliphatic carbocycles. The Morgan fingerprint density at radius 2 is 0.967 bits per heavy atom. The normalized spacial score (nSPS) is 10.3. The van der Waals surface area contributed by atoms with Crippen molar-refractivity contribution in [1.29, 1.82) is 0 Å². The molecule has 4 rings (SSSR count). The van der Waals surface area contributed by atoms with Crippen LogP contribution in [0.25, 0.3) is 11.1 Å². The Morgan fingerprint density at radius 1 is 0.533 bits per heavy atom. The molecule has 2 heterocycles. The van der Waals surface area contributed by atoms with Crippen LogP contribution >= 0.6 is 0 Å². The van der Waals surface area contributed by atoms with Gasteiger partial charge in [0, 0.05) is 23.5 Å². The topological polar surface area (TPSA) is 44.2 Å². The molecule has 0 saturated heterocycles. The molecule has 0 unspecified atom stereocenters. The molecule has 30 heavy (non-hydrogen) atoms. The van der Waals surface area contributed by atoms with Crippen LogP contribution in [0.5, 0.6) is 11.5 Å². The third-order valence-corrected chi connectivity index (χ3v) is 4.85. The third kappa shape index (κ3) is 4.08. The first-order valence-electron chi connectivity index (χ1n) is 9.66. The van der Waals surface area contributed by atoms with Gasteiger partial charge in [-0.05, 0) is 59.7 Å². The van der Waals surface area contributed by atoms with Crippen LogP contribution in [0.1, 0.15) is 22.5 Å². The summed E-state index contributed by atoms with van der Waals surface area (Å²) in [6, 6.07) is 27.9. The van der Waals surface area contributed by atoms with Gasteiger partial charge in [0.15, 0.2) is 0 Å². The molecule has 4 nitrogen and oxygen atoms in total. The second kappa shape index (κ2) is 9.05. The average Bonchev–Trinajstić information content (AvgIpc) is 2.84. The molecule has 0 N–H and O–H groups in total. The summed E-state index contributed by atoms with van der Waals surface area (Å²) in [5.41, 5.74) is 5.82. The van der Waals surface area contributed by atoms with Gasteiger partial charge in [0.05, 0.1) is 25.6 Å². The Hall–Kier alpha value is -3.92. The molecule has 0 atom stereocenters.